The molecule has 0 atom stereocenters. The van der Waals surface area contributed by atoms with Crippen molar-refractivity contribution >= 4 is 17.5 Å². The Bertz CT molecular complexity index is 582. The summed E-state index contributed by atoms with van der Waals surface area (Å²) >= 11 is 0. The first kappa shape index (κ1) is 9.38. The Kier molecular flexibility index (Phi) is 2.00. The summed E-state index contributed by atoms with van der Waals surface area (Å²) in [6.07, 6.45) is 1.51. The molecule has 1 N–H and O–H groups in total. The van der Waals surface area contributed by atoms with Crippen molar-refractivity contribution in [1.82, 2.24) is 19.2 Å². The monoisotopic (exact) mass is 207 g/mol. The lowest BCUT2D eigenvalue weighted by molar-refractivity contribution is -0.114. The molecule has 78 valence electrons. The third-order valence-electron chi connectivity index (χ3n) is 1.85. The smallest absolute Gasteiger partial charge is 0.276 e. The van der Waals surface area contributed by atoms with Gasteiger partial charge in [-0.25, -0.2) is 0 Å². The molecule has 2 rings (SSSR count). The van der Waals surface area contributed by atoms with Gasteiger partial charge in [0, 0.05) is 20.0 Å². The van der Waals surface area contributed by atoms with Gasteiger partial charge in [-0.1, -0.05) is 0 Å². The summed E-state index contributed by atoms with van der Waals surface area (Å²) < 4.78 is 2.98. The van der Waals surface area contributed by atoms with Crippen LogP contribution in [0.3, 0.4) is 0 Å². The van der Waals surface area contributed by atoms with Crippen molar-refractivity contribution in [2.24, 2.45) is 7.05 Å². The Morgan fingerprint density at radius 3 is 2.93 bits per heavy atom. The molecule has 2 aromatic heterocycles. The molecular formula is C8H9N5O2. The van der Waals surface area contributed by atoms with Crippen LogP contribution in [0.2, 0.25) is 0 Å². The Labute approximate surface area is 84.4 Å². The van der Waals surface area contributed by atoms with Crippen molar-refractivity contribution in [3.63, 3.8) is 0 Å². The molecule has 0 saturated heterocycles. The lowest BCUT2D eigenvalue weighted by Gasteiger charge is -2.02. The number of carbonyl (C=O) groups excluding carboxylic acids is 1. The van der Waals surface area contributed by atoms with Crippen LogP contribution >= 0.6 is 0 Å². The molecule has 0 spiro atoms. The van der Waals surface area contributed by atoms with E-state index in [4.69, 9.17) is 0 Å². The first-order chi connectivity index (χ1) is 7.08. The molecule has 0 aliphatic carbocycles. The summed E-state index contributed by atoms with van der Waals surface area (Å²) in [6.45, 7) is 1.36. The number of anilines is 1. The molecule has 1 amide bonds. The highest BCUT2D eigenvalue weighted by Gasteiger charge is 2.07. The highest BCUT2D eigenvalue weighted by Crippen LogP contribution is 2.04. The van der Waals surface area contributed by atoms with Crippen LogP contribution in [0.25, 0.3) is 5.78 Å². The Morgan fingerprint density at radius 2 is 2.27 bits per heavy atom. The zero-order valence-corrected chi connectivity index (χ0v) is 8.26. The van der Waals surface area contributed by atoms with Gasteiger partial charge < -0.3 is 9.88 Å². The molecule has 0 aliphatic rings. The van der Waals surface area contributed by atoms with Gasteiger partial charge in [0.1, 0.15) is 12.1 Å². The number of nitrogens with one attached hydrogen (secondary N) is 1. The number of aromatic nitrogens is 4. The lowest BCUT2D eigenvalue weighted by atomic mass is 10.5. The van der Waals surface area contributed by atoms with Gasteiger partial charge in [-0.2, -0.15) is 14.6 Å². The summed E-state index contributed by atoms with van der Waals surface area (Å²) in [5.74, 6) is 0.435. The van der Waals surface area contributed by atoms with Gasteiger partial charge in [-0.3, -0.25) is 9.59 Å². The van der Waals surface area contributed by atoms with Crippen molar-refractivity contribution in [2.75, 3.05) is 5.32 Å². The van der Waals surface area contributed by atoms with Crippen LogP contribution in [0.15, 0.2) is 17.2 Å². The van der Waals surface area contributed by atoms with Crippen molar-refractivity contribution in [2.45, 2.75) is 6.92 Å². The van der Waals surface area contributed by atoms with Gasteiger partial charge in [0.15, 0.2) is 0 Å². The van der Waals surface area contributed by atoms with Crippen molar-refractivity contribution < 1.29 is 4.79 Å². The van der Waals surface area contributed by atoms with E-state index in [1.807, 2.05) is 0 Å². The van der Waals surface area contributed by atoms with Gasteiger partial charge in [-0.05, 0) is 0 Å². The maximum absolute atomic E-state index is 11.2. The fourth-order valence-electron chi connectivity index (χ4n) is 1.26. The number of hydrogen-bond acceptors (Lipinski definition) is 4. The Balaban J connectivity index is 2.72. The van der Waals surface area contributed by atoms with E-state index in [1.165, 1.54) is 23.8 Å². The second-order valence-corrected chi connectivity index (χ2v) is 3.11. The summed E-state index contributed by atoms with van der Waals surface area (Å²) in [4.78, 5) is 25.9. The zero-order valence-electron chi connectivity index (χ0n) is 8.26. The predicted octanol–water partition coefficient (Wildman–Crippen LogP) is -0.614. The van der Waals surface area contributed by atoms with Crippen LogP contribution < -0.4 is 10.9 Å². The number of carbonyl (C=O) groups is 1. The van der Waals surface area contributed by atoms with Crippen LogP contribution in [0.5, 0.6) is 0 Å². The number of rotatable bonds is 1. The van der Waals surface area contributed by atoms with Gasteiger partial charge in [0.2, 0.25) is 11.7 Å². The van der Waals surface area contributed by atoms with E-state index in [-0.39, 0.29) is 5.91 Å². The number of fused-ring (bicyclic) bond motifs is 1. The minimum absolute atomic E-state index is 0.264. The molecule has 15 heavy (non-hydrogen) atoms. The minimum atomic E-state index is -0.414. The molecule has 0 saturated carbocycles. The second-order valence-electron chi connectivity index (χ2n) is 3.11. The van der Waals surface area contributed by atoms with E-state index < -0.39 is 5.56 Å². The molecule has 0 bridgehead atoms. The minimum Gasteiger partial charge on any atom is -0.311 e. The van der Waals surface area contributed by atoms with Crippen LogP contribution in [0.1, 0.15) is 6.92 Å². The Morgan fingerprint density at radius 1 is 1.53 bits per heavy atom. The van der Waals surface area contributed by atoms with Gasteiger partial charge in [0.05, 0.1) is 0 Å². The molecule has 7 heteroatoms. The van der Waals surface area contributed by atoms with E-state index in [0.717, 1.165) is 0 Å². The van der Waals surface area contributed by atoms with Crippen molar-refractivity contribution in [1.29, 1.82) is 0 Å². The quantitative estimate of drug-likeness (QED) is 0.676. The van der Waals surface area contributed by atoms with Crippen molar-refractivity contribution in [3.8, 4) is 0 Å². The maximum Gasteiger partial charge on any atom is 0.276 e. The standard InChI is InChI=1S/C8H9N5O2/c1-5(14)10-6-3-7(15)11-8-12(2)4-9-13(6)8/h3-4H,1-2H3,(H,10,14). The van der Waals surface area contributed by atoms with Crippen LogP contribution in [-0.2, 0) is 11.8 Å². The van der Waals surface area contributed by atoms with E-state index in [0.29, 0.717) is 11.6 Å². The fraction of sp³-hybridized carbons (Fsp3) is 0.250. The molecule has 2 aromatic rings. The first-order valence-corrected chi connectivity index (χ1v) is 4.27. The summed E-state index contributed by atoms with van der Waals surface area (Å²) in [7, 11) is 1.71. The molecule has 0 unspecified atom stereocenters. The third-order valence-corrected chi connectivity index (χ3v) is 1.85. The average molecular weight is 207 g/mol. The zero-order chi connectivity index (χ0) is 11.0. The molecule has 0 radical (unpaired) electrons. The summed E-state index contributed by atoms with van der Waals surface area (Å²) in [5.41, 5.74) is -0.414. The normalized spacial score (nSPS) is 10.5. The van der Waals surface area contributed by atoms with E-state index in [9.17, 15) is 9.59 Å². The number of hydrogen-bond donors (Lipinski definition) is 1. The first-order valence-electron chi connectivity index (χ1n) is 4.27. The fourth-order valence-corrected chi connectivity index (χ4v) is 1.26. The number of nitrogens with zero attached hydrogens (tertiary/aromatic N) is 4. The summed E-state index contributed by atoms with van der Waals surface area (Å²) in [6, 6.07) is 1.22. The van der Waals surface area contributed by atoms with Crippen LogP contribution in [0.4, 0.5) is 5.82 Å². The third kappa shape index (κ3) is 1.58. The molecule has 7 nitrogen and oxygen atoms in total. The summed E-state index contributed by atoms with van der Waals surface area (Å²) in [5, 5.41) is 6.49. The SMILES string of the molecule is CC(=O)Nc1cc(=O)nc2n(C)cnn12. The van der Waals surface area contributed by atoms with Gasteiger partial charge in [0.25, 0.3) is 5.56 Å². The largest absolute Gasteiger partial charge is 0.311 e. The molecule has 2 heterocycles. The second kappa shape index (κ2) is 3.19. The van der Waals surface area contributed by atoms with Crippen LogP contribution in [-0.4, -0.2) is 25.1 Å². The maximum atomic E-state index is 11.2. The molecule has 0 aromatic carbocycles. The molecule has 0 aliphatic heterocycles. The molecule has 0 fully saturated rings. The predicted molar refractivity (Wildman–Crippen MR) is 52.5 cm³/mol. The highest BCUT2D eigenvalue weighted by atomic mass is 16.1. The van der Waals surface area contributed by atoms with E-state index in [2.05, 4.69) is 15.4 Å². The lowest BCUT2D eigenvalue weighted by Crippen LogP contribution is -2.16. The number of amides is 1. The van der Waals surface area contributed by atoms with Crippen LogP contribution in [0, 0.1) is 0 Å². The average Bonchev–Trinajstić information content (AvgIpc) is 2.47. The molecular weight excluding hydrogens is 198 g/mol. The van der Waals surface area contributed by atoms with Gasteiger partial charge >= 0.3 is 0 Å². The topological polar surface area (TPSA) is 81.3 Å². The van der Waals surface area contributed by atoms with E-state index >= 15 is 0 Å². The van der Waals surface area contributed by atoms with Crippen molar-refractivity contribution in [3.05, 3.63) is 22.7 Å². The van der Waals surface area contributed by atoms with Gasteiger partial charge in [-0.15, -0.1) is 0 Å². The van der Waals surface area contributed by atoms with E-state index in [1.54, 1.807) is 11.6 Å². The highest BCUT2D eigenvalue weighted by molar-refractivity contribution is 5.87. The number of aryl methyl sites for hydroxylation is 1. The Hall–Kier alpha value is -2.18.